The molecule has 0 aromatic rings. The van der Waals surface area contributed by atoms with Gasteiger partial charge in [-0.3, -0.25) is 4.79 Å². The lowest BCUT2D eigenvalue weighted by Crippen LogP contribution is -2.46. The molecule has 0 heterocycles. The number of urea groups is 1. The van der Waals surface area contributed by atoms with Gasteiger partial charge >= 0.3 is 12.0 Å². The fourth-order valence-corrected chi connectivity index (χ4v) is 2.28. The maximum Gasteiger partial charge on any atom is 0.315 e. The van der Waals surface area contributed by atoms with Gasteiger partial charge in [-0.25, -0.2) is 4.79 Å². The molecule has 0 bridgehead atoms. The second-order valence-electron chi connectivity index (χ2n) is 5.30. The van der Waals surface area contributed by atoms with Gasteiger partial charge < -0.3 is 15.7 Å². The van der Waals surface area contributed by atoms with Crippen LogP contribution in [0, 0.1) is 11.8 Å². The summed E-state index contributed by atoms with van der Waals surface area (Å²) in [5, 5.41) is 14.4. The second-order valence-corrected chi connectivity index (χ2v) is 5.30. The van der Waals surface area contributed by atoms with E-state index in [0.29, 0.717) is 18.9 Å². The van der Waals surface area contributed by atoms with Gasteiger partial charge in [-0.05, 0) is 25.2 Å². The van der Waals surface area contributed by atoms with Crippen molar-refractivity contribution in [3.63, 3.8) is 0 Å². The largest absolute Gasteiger partial charge is 0.481 e. The second kappa shape index (κ2) is 7.24. The Morgan fingerprint density at radius 1 is 1.33 bits per heavy atom. The van der Waals surface area contributed by atoms with Gasteiger partial charge in [0.1, 0.15) is 0 Å². The Balaban J connectivity index is 2.19. The molecule has 1 saturated carbocycles. The van der Waals surface area contributed by atoms with Crippen LogP contribution >= 0.6 is 0 Å². The normalized spacial score (nSPS) is 25.2. The summed E-state index contributed by atoms with van der Waals surface area (Å²) in [6.07, 6.45) is 5.09. The number of hydrogen-bond acceptors (Lipinski definition) is 2. The Morgan fingerprint density at radius 2 is 2.00 bits per heavy atom. The molecule has 0 aromatic heterocycles. The van der Waals surface area contributed by atoms with Crippen molar-refractivity contribution in [3.05, 3.63) is 0 Å². The van der Waals surface area contributed by atoms with Gasteiger partial charge in [0.2, 0.25) is 0 Å². The summed E-state index contributed by atoms with van der Waals surface area (Å²) in [6.45, 7) is 4.21. The topological polar surface area (TPSA) is 78.4 Å². The average molecular weight is 256 g/mol. The highest BCUT2D eigenvalue weighted by Crippen LogP contribution is 2.23. The van der Waals surface area contributed by atoms with Gasteiger partial charge in [0.25, 0.3) is 0 Å². The molecule has 3 atom stereocenters. The Labute approximate surface area is 108 Å². The molecule has 0 radical (unpaired) electrons. The summed E-state index contributed by atoms with van der Waals surface area (Å²) < 4.78 is 0. The number of aliphatic carboxylic acids is 1. The highest BCUT2D eigenvalue weighted by atomic mass is 16.4. The predicted molar refractivity (Wildman–Crippen MR) is 69.4 cm³/mol. The highest BCUT2D eigenvalue weighted by molar-refractivity contribution is 5.74. The van der Waals surface area contributed by atoms with Gasteiger partial charge in [0.15, 0.2) is 0 Å². The maximum atomic E-state index is 11.6. The van der Waals surface area contributed by atoms with E-state index in [9.17, 15) is 9.59 Å². The molecule has 1 fully saturated rings. The molecule has 5 nitrogen and oxygen atoms in total. The summed E-state index contributed by atoms with van der Waals surface area (Å²) in [6, 6.07) is 0.0852. The van der Waals surface area contributed by atoms with E-state index in [2.05, 4.69) is 17.6 Å². The molecule has 1 aliphatic carbocycles. The molecule has 1 aliphatic rings. The van der Waals surface area contributed by atoms with Crippen LogP contribution in [0.1, 0.15) is 46.0 Å². The molecule has 104 valence electrons. The fraction of sp³-hybridized carbons (Fsp3) is 0.846. The van der Waals surface area contributed by atoms with Crippen molar-refractivity contribution >= 4 is 12.0 Å². The number of hydrogen-bond donors (Lipinski definition) is 3. The zero-order valence-corrected chi connectivity index (χ0v) is 11.2. The minimum absolute atomic E-state index is 0.175. The average Bonchev–Trinajstić information content (AvgIpc) is 2.32. The van der Waals surface area contributed by atoms with E-state index in [1.165, 1.54) is 19.3 Å². The van der Waals surface area contributed by atoms with Crippen molar-refractivity contribution in [1.82, 2.24) is 10.6 Å². The van der Waals surface area contributed by atoms with E-state index < -0.39 is 11.9 Å². The lowest BCUT2D eigenvalue weighted by Gasteiger charge is -2.29. The zero-order valence-electron chi connectivity index (χ0n) is 11.2. The first-order valence-electron chi connectivity index (χ1n) is 6.78. The number of nitrogens with one attached hydrogen (secondary N) is 2. The Bertz CT molecular complexity index is 294. The number of carboxylic acid groups (broad SMARTS) is 1. The van der Waals surface area contributed by atoms with Gasteiger partial charge in [-0.2, -0.15) is 0 Å². The lowest BCUT2D eigenvalue weighted by molar-refractivity contribution is -0.141. The van der Waals surface area contributed by atoms with Gasteiger partial charge in [0, 0.05) is 12.6 Å². The third kappa shape index (κ3) is 4.94. The first kappa shape index (κ1) is 14.8. The number of carbonyl (C=O) groups excluding carboxylic acids is 1. The molecule has 0 spiro atoms. The molecule has 5 heteroatoms. The van der Waals surface area contributed by atoms with E-state index in [1.54, 1.807) is 6.92 Å². The smallest absolute Gasteiger partial charge is 0.315 e. The lowest BCUT2D eigenvalue weighted by atomic mass is 9.86. The molecule has 0 aromatic carbocycles. The fourth-order valence-electron chi connectivity index (χ4n) is 2.28. The Kier molecular flexibility index (Phi) is 5.95. The summed E-state index contributed by atoms with van der Waals surface area (Å²) in [5.74, 6) is -0.709. The quantitative estimate of drug-likeness (QED) is 0.703. The van der Waals surface area contributed by atoms with Crippen LogP contribution in [-0.4, -0.2) is 29.7 Å². The zero-order chi connectivity index (χ0) is 13.5. The first-order valence-corrected chi connectivity index (χ1v) is 6.78. The highest BCUT2D eigenvalue weighted by Gasteiger charge is 2.22. The van der Waals surface area contributed by atoms with Gasteiger partial charge in [0.05, 0.1) is 5.92 Å². The summed E-state index contributed by atoms with van der Waals surface area (Å²) >= 11 is 0. The Morgan fingerprint density at radius 3 is 2.61 bits per heavy atom. The number of carboxylic acids is 1. The van der Waals surface area contributed by atoms with Crippen molar-refractivity contribution in [3.8, 4) is 0 Å². The molecule has 18 heavy (non-hydrogen) atoms. The third-order valence-corrected chi connectivity index (χ3v) is 3.71. The van der Waals surface area contributed by atoms with Crippen LogP contribution in [0.4, 0.5) is 4.79 Å². The standard InChI is InChI=1S/C13H24N2O3/c1-9-5-3-4-6-11(9)15-13(18)14-8-7-10(2)12(16)17/h9-11H,3-8H2,1-2H3,(H,16,17)(H2,14,15,18). The molecule has 2 amide bonds. The number of rotatable bonds is 5. The van der Waals surface area contributed by atoms with Crippen molar-refractivity contribution in [2.24, 2.45) is 11.8 Å². The van der Waals surface area contributed by atoms with Crippen LogP contribution in [0.15, 0.2) is 0 Å². The minimum atomic E-state index is -0.821. The van der Waals surface area contributed by atoms with Crippen LogP contribution in [0.25, 0.3) is 0 Å². The molecular weight excluding hydrogens is 232 g/mol. The summed E-state index contributed by atoms with van der Waals surface area (Å²) in [5.41, 5.74) is 0. The molecule has 3 unspecified atom stereocenters. The Hall–Kier alpha value is -1.26. The van der Waals surface area contributed by atoms with Gasteiger partial charge in [-0.15, -0.1) is 0 Å². The molecular formula is C13H24N2O3. The van der Waals surface area contributed by atoms with Crippen LogP contribution in [0.2, 0.25) is 0 Å². The maximum absolute atomic E-state index is 11.6. The summed E-state index contributed by atoms with van der Waals surface area (Å²) in [4.78, 5) is 22.2. The molecule has 3 N–H and O–H groups in total. The van der Waals surface area contributed by atoms with Crippen LogP contribution < -0.4 is 10.6 Å². The van der Waals surface area contributed by atoms with E-state index in [1.807, 2.05) is 0 Å². The van der Waals surface area contributed by atoms with E-state index in [4.69, 9.17) is 5.11 Å². The number of carbonyl (C=O) groups is 2. The van der Waals surface area contributed by atoms with Crippen LogP contribution in [-0.2, 0) is 4.79 Å². The molecule has 0 aliphatic heterocycles. The first-order chi connectivity index (χ1) is 8.50. The molecule has 0 saturated heterocycles. The third-order valence-electron chi connectivity index (χ3n) is 3.71. The van der Waals surface area contributed by atoms with E-state index in [-0.39, 0.29) is 12.1 Å². The predicted octanol–water partition coefficient (Wildman–Crippen LogP) is 1.98. The van der Waals surface area contributed by atoms with Crippen molar-refractivity contribution < 1.29 is 14.7 Å². The van der Waals surface area contributed by atoms with E-state index in [0.717, 1.165) is 6.42 Å². The van der Waals surface area contributed by atoms with E-state index >= 15 is 0 Å². The van der Waals surface area contributed by atoms with Crippen molar-refractivity contribution in [1.29, 1.82) is 0 Å². The molecule has 1 rings (SSSR count). The minimum Gasteiger partial charge on any atom is -0.481 e. The SMILES string of the molecule is CC(CCNC(=O)NC1CCCCC1C)C(=O)O. The van der Waals surface area contributed by atoms with Crippen LogP contribution in [0.5, 0.6) is 0 Å². The van der Waals surface area contributed by atoms with Crippen LogP contribution in [0.3, 0.4) is 0 Å². The van der Waals surface area contributed by atoms with Gasteiger partial charge in [-0.1, -0.05) is 26.7 Å². The monoisotopic (exact) mass is 256 g/mol. The number of amides is 2. The summed E-state index contributed by atoms with van der Waals surface area (Å²) in [7, 11) is 0. The van der Waals surface area contributed by atoms with Crippen molar-refractivity contribution in [2.75, 3.05) is 6.54 Å². The van der Waals surface area contributed by atoms with Crippen molar-refractivity contribution in [2.45, 2.75) is 52.0 Å².